The fraction of sp³-hybridized carbons (Fsp3) is 0.294. The Morgan fingerprint density at radius 2 is 1.72 bits per heavy atom. The van der Waals surface area contributed by atoms with E-state index in [9.17, 15) is 13.2 Å². The van der Waals surface area contributed by atoms with E-state index < -0.39 is 6.36 Å². The van der Waals surface area contributed by atoms with Gasteiger partial charge in [0.2, 0.25) is 0 Å². The maximum absolute atomic E-state index is 12.3. The summed E-state index contributed by atoms with van der Waals surface area (Å²) >= 11 is 0. The van der Waals surface area contributed by atoms with E-state index in [0.717, 1.165) is 5.56 Å². The van der Waals surface area contributed by atoms with Crippen LogP contribution in [0.5, 0.6) is 5.75 Å². The van der Waals surface area contributed by atoms with Crippen molar-refractivity contribution in [1.29, 1.82) is 0 Å². The molecule has 5 nitrogen and oxygen atoms in total. The smallest absolute Gasteiger partial charge is 0.406 e. The summed E-state index contributed by atoms with van der Waals surface area (Å²) in [6.45, 7) is 6.07. The van der Waals surface area contributed by atoms with E-state index in [0.29, 0.717) is 17.0 Å². The number of nitrogens with zero attached hydrogens (tertiary/aromatic N) is 3. The number of ether oxygens (including phenoxy) is 1. The van der Waals surface area contributed by atoms with Crippen LogP contribution >= 0.6 is 0 Å². The average molecular weight is 350 g/mol. The number of anilines is 1. The van der Waals surface area contributed by atoms with Crippen LogP contribution in [0.3, 0.4) is 0 Å². The lowest BCUT2D eigenvalue weighted by Gasteiger charge is -2.21. The molecule has 0 aliphatic rings. The SMILES string of the molecule is CC(C)(C)Nc1ccn2ncc(-c3ccc(OC(F)(F)F)cc3)c2n1. The summed E-state index contributed by atoms with van der Waals surface area (Å²) in [7, 11) is 0. The van der Waals surface area contributed by atoms with Gasteiger partial charge in [0.25, 0.3) is 0 Å². The maximum Gasteiger partial charge on any atom is 0.573 e. The second-order valence-electron chi connectivity index (χ2n) is 6.59. The van der Waals surface area contributed by atoms with Gasteiger partial charge in [-0.3, -0.25) is 0 Å². The Morgan fingerprint density at radius 3 is 2.32 bits per heavy atom. The largest absolute Gasteiger partial charge is 0.573 e. The van der Waals surface area contributed by atoms with E-state index in [1.807, 2.05) is 26.8 Å². The summed E-state index contributed by atoms with van der Waals surface area (Å²) in [5, 5.41) is 7.51. The molecular formula is C17H17F3N4O. The van der Waals surface area contributed by atoms with Crippen LogP contribution in [-0.4, -0.2) is 26.5 Å². The number of fused-ring (bicyclic) bond motifs is 1. The van der Waals surface area contributed by atoms with Crippen molar-refractivity contribution in [2.45, 2.75) is 32.7 Å². The van der Waals surface area contributed by atoms with Crippen molar-refractivity contribution in [1.82, 2.24) is 14.6 Å². The van der Waals surface area contributed by atoms with Gasteiger partial charge in [-0.05, 0) is 44.5 Å². The maximum atomic E-state index is 12.3. The van der Waals surface area contributed by atoms with Crippen molar-refractivity contribution < 1.29 is 17.9 Å². The molecule has 2 heterocycles. The molecule has 3 rings (SSSR count). The Kier molecular flexibility index (Phi) is 4.06. The Bertz CT molecular complexity index is 880. The number of hydrogen-bond acceptors (Lipinski definition) is 4. The van der Waals surface area contributed by atoms with E-state index in [-0.39, 0.29) is 11.3 Å². The molecule has 0 aliphatic carbocycles. The molecule has 0 radical (unpaired) electrons. The van der Waals surface area contributed by atoms with Crippen molar-refractivity contribution in [2.24, 2.45) is 0 Å². The van der Waals surface area contributed by atoms with Crippen LogP contribution in [0.25, 0.3) is 16.8 Å². The Balaban J connectivity index is 1.94. The number of rotatable bonds is 3. The van der Waals surface area contributed by atoms with Gasteiger partial charge >= 0.3 is 6.36 Å². The van der Waals surface area contributed by atoms with Crippen molar-refractivity contribution in [3.63, 3.8) is 0 Å². The van der Waals surface area contributed by atoms with Crippen LogP contribution in [0.1, 0.15) is 20.8 Å². The number of halogens is 3. The van der Waals surface area contributed by atoms with Crippen LogP contribution < -0.4 is 10.1 Å². The fourth-order valence-corrected chi connectivity index (χ4v) is 2.36. The molecule has 1 N–H and O–H groups in total. The van der Waals surface area contributed by atoms with Gasteiger partial charge in [-0.1, -0.05) is 12.1 Å². The lowest BCUT2D eigenvalue weighted by molar-refractivity contribution is -0.274. The molecule has 0 fully saturated rings. The molecule has 0 saturated carbocycles. The third kappa shape index (κ3) is 4.20. The second kappa shape index (κ2) is 5.94. The molecular weight excluding hydrogens is 333 g/mol. The highest BCUT2D eigenvalue weighted by Crippen LogP contribution is 2.28. The topological polar surface area (TPSA) is 51.5 Å². The standard InChI is InChI=1S/C17H17F3N4O/c1-16(2,3)23-14-8-9-24-15(22-14)13(10-21-24)11-4-6-12(7-5-11)25-17(18,19)20/h4-10H,1-3H3,(H,22,23). The van der Waals surface area contributed by atoms with Crippen LogP contribution in [0.15, 0.2) is 42.7 Å². The van der Waals surface area contributed by atoms with E-state index in [4.69, 9.17) is 0 Å². The molecule has 0 spiro atoms. The summed E-state index contributed by atoms with van der Waals surface area (Å²) in [5.74, 6) is 0.426. The van der Waals surface area contributed by atoms with Gasteiger partial charge in [0.15, 0.2) is 5.65 Å². The van der Waals surface area contributed by atoms with Crippen LogP contribution in [0, 0.1) is 0 Å². The predicted octanol–water partition coefficient (Wildman–Crippen LogP) is 4.51. The lowest BCUT2D eigenvalue weighted by Crippen LogP contribution is -2.26. The zero-order chi connectivity index (χ0) is 18.2. The summed E-state index contributed by atoms with van der Waals surface area (Å²) in [6, 6.07) is 7.44. The molecule has 25 heavy (non-hydrogen) atoms. The predicted molar refractivity (Wildman–Crippen MR) is 88.5 cm³/mol. The Labute approximate surface area is 142 Å². The highest BCUT2D eigenvalue weighted by Gasteiger charge is 2.31. The van der Waals surface area contributed by atoms with Crippen molar-refractivity contribution in [3.05, 3.63) is 42.7 Å². The molecule has 0 amide bonds. The molecule has 0 saturated heterocycles. The van der Waals surface area contributed by atoms with Gasteiger partial charge in [0, 0.05) is 17.3 Å². The third-order valence-electron chi connectivity index (χ3n) is 3.27. The van der Waals surface area contributed by atoms with Crippen LogP contribution in [0.4, 0.5) is 19.0 Å². The van der Waals surface area contributed by atoms with Gasteiger partial charge in [-0.25, -0.2) is 9.50 Å². The van der Waals surface area contributed by atoms with Gasteiger partial charge in [0.05, 0.1) is 6.20 Å². The summed E-state index contributed by atoms with van der Waals surface area (Å²) in [6.07, 6.45) is -1.30. The molecule has 132 valence electrons. The van der Waals surface area contributed by atoms with E-state index in [1.165, 1.54) is 12.1 Å². The number of hydrogen-bond donors (Lipinski definition) is 1. The Morgan fingerprint density at radius 1 is 1.04 bits per heavy atom. The minimum absolute atomic E-state index is 0.151. The van der Waals surface area contributed by atoms with E-state index in [1.54, 1.807) is 29.0 Å². The van der Waals surface area contributed by atoms with E-state index in [2.05, 4.69) is 20.1 Å². The van der Waals surface area contributed by atoms with Crippen LogP contribution in [-0.2, 0) is 0 Å². The monoisotopic (exact) mass is 350 g/mol. The third-order valence-corrected chi connectivity index (χ3v) is 3.27. The van der Waals surface area contributed by atoms with Crippen molar-refractivity contribution in [3.8, 4) is 16.9 Å². The first-order valence-electron chi connectivity index (χ1n) is 7.59. The lowest BCUT2D eigenvalue weighted by atomic mass is 10.1. The average Bonchev–Trinajstić information content (AvgIpc) is 2.88. The first kappa shape index (κ1) is 17.1. The highest BCUT2D eigenvalue weighted by molar-refractivity contribution is 5.78. The molecule has 2 aromatic heterocycles. The summed E-state index contributed by atoms with van der Waals surface area (Å²) in [5.41, 5.74) is 1.88. The minimum Gasteiger partial charge on any atom is -0.406 e. The number of nitrogens with one attached hydrogen (secondary N) is 1. The molecule has 0 atom stereocenters. The minimum atomic E-state index is -4.71. The molecule has 1 aromatic carbocycles. The van der Waals surface area contributed by atoms with Gasteiger partial charge in [-0.2, -0.15) is 5.10 Å². The highest BCUT2D eigenvalue weighted by atomic mass is 19.4. The zero-order valence-corrected chi connectivity index (χ0v) is 13.9. The Hall–Kier alpha value is -2.77. The fourth-order valence-electron chi connectivity index (χ4n) is 2.36. The first-order chi connectivity index (χ1) is 11.6. The molecule has 0 bridgehead atoms. The van der Waals surface area contributed by atoms with Crippen molar-refractivity contribution >= 4 is 11.5 Å². The van der Waals surface area contributed by atoms with Crippen LogP contribution in [0.2, 0.25) is 0 Å². The van der Waals surface area contributed by atoms with Gasteiger partial charge in [0.1, 0.15) is 11.6 Å². The van der Waals surface area contributed by atoms with Crippen molar-refractivity contribution in [2.75, 3.05) is 5.32 Å². The number of alkyl halides is 3. The number of aromatic nitrogens is 3. The second-order valence-corrected chi connectivity index (χ2v) is 6.59. The van der Waals surface area contributed by atoms with E-state index >= 15 is 0 Å². The zero-order valence-electron chi connectivity index (χ0n) is 13.9. The summed E-state index contributed by atoms with van der Waals surface area (Å²) in [4.78, 5) is 4.56. The number of benzene rings is 1. The first-order valence-corrected chi connectivity index (χ1v) is 7.59. The van der Waals surface area contributed by atoms with Gasteiger partial charge in [-0.15, -0.1) is 13.2 Å². The van der Waals surface area contributed by atoms with Gasteiger partial charge < -0.3 is 10.1 Å². The summed E-state index contributed by atoms with van der Waals surface area (Å²) < 4.78 is 42.3. The normalized spacial score (nSPS) is 12.4. The quantitative estimate of drug-likeness (QED) is 0.755. The molecule has 3 aromatic rings. The molecule has 0 aliphatic heterocycles. The molecule has 8 heteroatoms. The molecule has 0 unspecified atom stereocenters.